The zero-order valence-corrected chi connectivity index (χ0v) is 30.4. The van der Waals surface area contributed by atoms with Crippen LogP contribution >= 0.6 is 6.04 Å². The summed E-state index contributed by atoms with van der Waals surface area (Å²) in [6.07, 6.45) is 0. The summed E-state index contributed by atoms with van der Waals surface area (Å²) in [5.74, 6) is 0. The number of nitrogens with zero attached hydrogens (tertiary/aromatic N) is 2. The summed E-state index contributed by atoms with van der Waals surface area (Å²) >= 11 is 6.87. The van der Waals surface area contributed by atoms with Crippen LogP contribution in [0.25, 0.3) is 81.8 Å². The van der Waals surface area contributed by atoms with Gasteiger partial charge < -0.3 is 0 Å². The van der Waals surface area contributed by atoms with E-state index < -0.39 is 6.04 Å². The van der Waals surface area contributed by atoms with Crippen LogP contribution in [0.2, 0.25) is 0 Å². The molecule has 0 N–H and O–H groups in total. The lowest BCUT2D eigenvalue weighted by molar-refractivity contribution is 1.32. The molecule has 0 aliphatic carbocycles. The number of aromatic nitrogens is 2. The molecule has 0 amide bonds. The third-order valence-corrected chi connectivity index (χ3v) is 16.0. The highest BCUT2D eigenvalue weighted by molar-refractivity contribution is 8.25. The molecule has 2 aromatic heterocycles. The van der Waals surface area contributed by atoms with Gasteiger partial charge in [0.25, 0.3) is 0 Å². The van der Waals surface area contributed by atoms with Gasteiger partial charge in [-0.05, 0) is 95.8 Å². The fourth-order valence-electron chi connectivity index (χ4n) is 8.55. The zero-order chi connectivity index (χ0) is 35.1. The molecule has 9 aromatic carbocycles. The van der Waals surface area contributed by atoms with Crippen LogP contribution in [0.15, 0.2) is 188 Å². The summed E-state index contributed by atoms with van der Waals surface area (Å²) in [7, 11) is 0. The van der Waals surface area contributed by atoms with Crippen LogP contribution in [0.1, 0.15) is 0 Å². The highest BCUT2D eigenvalue weighted by Gasteiger charge is 2.26. The molecule has 0 aliphatic heterocycles. The van der Waals surface area contributed by atoms with Gasteiger partial charge in [-0.25, -0.2) is 4.98 Å². The van der Waals surface area contributed by atoms with Gasteiger partial charge in [0, 0.05) is 22.2 Å². The molecule has 0 spiro atoms. The number of rotatable bonds is 4. The maximum Gasteiger partial charge on any atom is 0.146 e. The maximum atomic E-state index is 6.87. The fraction of sp³-hybridized carbons (Fsp3) is 0. The molecule has 2 nitrogen and oxygen atoms in total. The largest absolute Gasteiger partial charge is 0.292 e. The van der Waals surface area contributed by atoms with Crippen molar-refractivity contribution in [1.29, 1.82) is 0 Å². The Balaban J connectivity index is 1.26. The minimum Gasteiger partial charge on any atom is -0.292 e. The normalized spacial score (nSPS) is 12.2. The van der Waals surface area contributed by atoms with E-state index in [2.05, 4.69) is 192 Å². The highest BCUT2D eigenvalue weighted by Crippen LogP contribution is 2.45. The Bertz CT molecular complexity index is 3270. The number of fused-ring (bicyclic) bond motifs is 13. The molecular formula is C49H31N2PS. The molecule has 0 unspecified atom stereocenters. The van der Waals surface area contributed by atoms with E-state index in [4.69, 9.17) is 16.8 Å². The average molecular weight is 711 g/mol. The lowest BCUT2D eigenvalue weighted by atomic mass is 9.93. The summed E-state index contributed by atoms with van der Waals surface area (Å²) in [6, 6.07) is 65.7. The zero-order valence-electron chi connectivity index (χ0n) is 28.6. The second-order valence-electron chi connectivity index (χ2n) is 13.9. The summed E-state index contributed by atoms with van der Waals surface area (Å²) in [5, 5.41) is 14.6. The van der Waals surface area contributed by atoms with Gasteiger partial charge in [-0.2, -0.15) is 0 Å². The Morgan fingerprint density at radius 2 is 1.06 bits per heavy atom. The average Bonchev–Trinajstić information content (AvgIpc) is 3.62. The Kier molecular flexibility index (Phi) is 6.73. The van der Waals surface area contributed by atoms with Crippen LogP contribution in [0.4, 0.5) is 0 Å². The van der Waals surface area contributed by atoms with Crippen molar-refractivity contribution in [3.8, 4) is 11.1 Å². The van der Waals surface area contributed by atoms with Crippen LogP contribution in [0.3, 0.4) is 0 Å². The first-order valence-electron chi connectivity index (χ1n) is 18.0. The molecule has 0 saturated carbocycles. The standard InChI is InChI=1S/C49H31N2PS/c53-52(35-15-3-1-4-16-35,36-17-5-2-6-18-36)37-25-28-46-44(31-37)48-39-20-10-7-13-32(39)23-26-42(48)49-50-45-27-24-34(30-47(45)51(46)49)43-29-33-14-8-9-19-38(33)40-21-11-12-22-41(40)43/h1-31H. The number of hydrogen-bond acceptors (Lipinski definition) is 2. The molecule has 2 heterocycles. The van der Waals surface area contributed by atoms with Crippen molar-refractivity contribution in [3.63, 3.8) is 0 Å². The molecule has 11 aromatic rings. The summed E-state index contributed by atoms with van der Waals surface area (Å²) in [6.45, 7) is 0. The smallest absolute Gasteiger partial charge is 0.146 e. The van der Waals surface area contributed by atoms with Crippen LogP contribution in [-0.4, -0.2) is 9.38 Å². The Morgan fingerprint density at radius 1 is 0.415 bits per heavy atom. The first-order chi connectivity index (χ1) is 26.2. The van der Waals surface area contributed by atoms with Gasteiger partial charge >= 0.3 is 0 Å². The van der Waals surface area contributed by atoms with Crippen molar-refractivity contribution in [2.45, 2.75) is 0 Å². The number of hydrogen-bond donors (Lipinski definition) is 0. The molecule has 0 fully saturated rings. The predicted molar refractivity (Wildman–Crippen MR) is 232 cm³/mol. The van der Waals surface area contributed by atoms with Crippen molar-refractivity contribution >= 4 is 104 Å². The first-order valence-corrected chi connectivity index (χ1v) is 20.8. The van der Waals surface area contributed by atoms with Crippen molar-refractivity contribution in [1.82, 2.24) is 9.38 Å². The monoisotopic (exact) mass is 710 g/mol. The molecule has 0 aliphatic rings. The second-order valence-corrected chi connectivity index (χ2v) is 18.3. The molecule has 248 valence electrons. The number of benzene rings is 9. The SMILES string of the molecule is S=P(c1ccccc1)(c1ccccc1)c1ccc2c(c1)c1c3ccccc3ccc1c1nc3ccc(-c4cc5ccccc5c5ccccc45)cc3n21. The lowest BCUT2D eigenvalue weighted by Gasteiger charge is -2.25. The van der Waals surface area contributed by atoms with E-state index in [9.17, 15) is 0 Å². The first kappa shape index (κ1) is 30.5. The van der Waals surface area contributed by atoms with E-state index >= 15 is 0 Å². The molecule has 4 heteroatoms. The predicted octanol–water partition coefficient (Wildman–Crippen LogP) is 11.7. The second kappa shape index (κ2) is 11.7. The molecular weight excluding hydrogens is 680 g/mol. The molecule has 0 atom stereocenters. The molecule has 0 saturated heterocycles. The molecule has 11 rings (SSSR count). The topological polar surface area (TPSA) is 17.3 Å². The fourth-order valence-corrected chi connectivity index (χ4v) is 12.3. The van der Waals surface area contributed by atoms with Crippen LogP contribution in [0, 0.1) is 0 Å². The van der Waals surface area contributed by atoms with Crippen LogP contribution in [0.5, 0.6) is 0 Å². The van der Waals surface area contributed by atoms with Crippen molar-refractivity contribution in [3.05, 3.63) is 188 Å². The van der Waals surface area contributed by atoms with Gasteiger partial charge in [0.05, 0.1) is 16.6 Å². The minimum atomic E-state index is -2.40. The van der Waals surface area contributed by atoms with Gasteiger partial charge in [0.1, 0.15) is 5.65 Å². The molecule has 0 radical (unpaired) electrons. The van der Waals surface area contributed by atoms with E-state index in [1.165, 1.54) is 70.1 Å². The summed E-state index contributed by atoms with van der Waals surface area (Å²) in [5.41, 5.74) is 6.55. The summed E-state index contributed by atoms with van der Waals surface area (Å²) < 4.78 is 2.38. The van der Waals surface area contributed by atoms with Crippen LogP contribution < -0.4 is 15.9 Å². The van der Waals surface area contributed by atoms with Gasteiger partial charge in [0.15, 0.2) is 0 Å². The van der Waals surface area contributed by atoms with E-state index in [0.717, 1.165) is 27.6 Å². The summed E-state index contributed by atoms with van der Waals surface area (Å²) in [4.78, 5) is 5.36. The lowest BCUT2D eigenvalue weighted by Crippen LogP contribution is -2.24. The third kappa shape index (κ3) is 4.51. The Hall–Kier alpha value is -6.12. The van der Waals surface area contributed by atoms with Gasteiger partial charge in [0.2, 0.25) is 0 Å². The van der Waals surface area contributed by atoms with Crippen LogP contribution in [-0.2, 0) is 11.8 Å². The van der Waals surface area contributed by atoms with Crippen molar-refractivity contribution in [2.75, 3.05) is 0 Å². The minimum absolute atomic E-state index is 0.965. The van der Waals surface area contributed by atoms with Gasteiger partial charge in [-0.1, -0.05) is 163 Å². The molecule has 53 heavy (non-hydrogen) atoms. The quantitative estimate of drug-likeness (QED) is 0.134. The van der Waals surface area contributed by atoms with Crippen molar-refractivity contribution < 1.29 is 0 Å². The number of imidazole rings is 1. The Labute approximate surface area is 311 Å². The van der Waals surface area contributed by atoms with E-state index in [1.54, 1.807) is 0 Å². The van der Waals surface area contributed by atoms with E-state index in [1.807, 2.05) is 0 Å². The van der Waals surface area contributed by atoms with Gasteiger partial charge in [-0.15, -0.1) is 0 Å². The molecule has 0 bridgehead atoms. The Morgan fingerprint density at radius 3 is 1.81 bits per heavy atom. The highest BCUT2D eigenvalue weighted by atomic mass is 32.4. The number of pyridine rings is 1. The van der Waals surface area contributed by atoms with E-state index in [-0.39, 0.29) is 0 Å². The van der Waals surface area contributed by atoms with Gasteiger partial charge in [-0.3, -0.25) is 4.40 Å². The maximum absolute atomic E-state index is 6.87. The van der Waals surface area contributed by atoms with Crippen molar-refractivity contribution in [2.24, 2.45) is 0 Å². The van der Waals surface area contributed by atoms with E-state index in [0.29, 0.717) is 0 Å². The third-order valence-electron chi connectivity index (χ3n) is 11.0.